The number of nitrogens with zero attached hydrogens (tertiary/aromatic N) is 10. The van der Waals surface area contributed by atoms with Gasteiger partial charge in [-0.2, -0.15) is 20.4 Å². The zero-order valence-corrected chi connectivity index (χ0v) is 25.5. The van der Waals surface area contributed by atoms with Crippen molar-refractivity contribution in [2.75, 3.05) is 22.1 Å². The molecule has 1 fully saturated rings. The highest BCUT2D eigenvalue weighted by atomic mass is 16.2. The molecule has 4 aromatic heterocycles. The Labute approximate surface area is 266 Å². The van der Waals surface area contributed by atoms with Crippen LogP contribution < -0.4 is 20.9 Å². The Morgan fingerprint density at radius 3 is 2.57 bits per heavy atom. The van der Waals surface area contributed by atoms with Gasteiger partial charge >= 0.3 is 6.03 Å². The number of amides is 2. The standard InChI is InChI=1S/C32H35N13O/c1-43-20-26(19-39-43)24-7-12-29(36-17-24)45(32(46)38-16-23-5-3-2-4-6-23)28-10-8-27(9-11-28)41-31-37-18-25(15-33)30(42-31)35-13-14-44-22-34-21-40-44/h2-7,12,17-22,27-28H,8-11,13-14,16H2,1H3,(H,38,46)(H2,35,37,41,42). The third-order valence-corrected chi connectivity index (χ3v) is 7.94. The van der Waals surface area contributed by atoms with Crippen LogP contribution in [0.2, 0.25) is 0 Å². The molecule has 0 atom stereocenters. The third-order valence-electron chi connectivity index (χ3n) is 7.94. The molecule has 0 spiro atoms. The van der Waals surface area contributed by atoms with Crippen LogP contribution in [-0.2, 0) is 20.1 Å². The molecule has 0 unspecified atom stereocenters. The molecular weight excluding hydrogens is 582 g/mol. The molecule has 4 heterocycles. The minimum absolute atomic E-state index is 0.0403. The van der Waals surface area contributed by atoms with Gasteiger partial charge in [0.05, 0.1) is 18.9 Å². The predicted octanol–water partition coefficient (Wildman–Crippen LogP) is 3.99. The van der Waals surface area contributed by atoms with E-state index in [1.165, 1.54) is 12.5 Å². The lowest BCUT2D eigenvalue weighted by molar-refractivity contribution is 0.240. The Morgan fingerprint density at radius 1 is 1.02 bits per heavy atom. The quantitative estimate of drug-likeness (QED) is 0.197. The van der Waals surface area contributed by atoms with Crippen molar-refractivity contribution in [2.45, 2.75) is 50.9 Å². The van der Waals surface area contributed by atoms with E-state index in [1.54, 1.807) is 33.0 Å². The van der Waals surface area contributed by atoms with Crippen LogP contribution in [0.15, 0.2) is 79.9 Å². The van der Waals surface area contributed by atoms with Gasteiger partial charge < -0.3 is 16.0 Å². The first-order chi connectivity index (χ1) is 22.6. The summed E-state index contributed by atoms with van der Waals surface area (Å²) in [5, 5.41) is 27.6. The largest absolute Gasteiger partial charge is 0.367 e. The summed E-state index contributed by atoms with van der Waals surface area (Å²) in [4.78, 5) is 33.1. The second-order valence-electron chi connectivity index (χ2n) is 11.1. The molecule has 46 heavy (non-hydrogen) atoms. The molecule has 1 aromatic carbocycles. The summed E-state index contributed by atoms with van der Waals surface area (Å²) < 4.78 is 3.45. The molecule has 14 heteroatoms. The van der Waals surface area contributed by atoms with E-state index in [-0.39, 0.29) is 18.1 Å². The van der Waals surface area contributed by atoms with Crippen molar-refractivity contribution in [2.24, 2.45) is 7.05 Å². The van der Waals surface area contributed by atoms with Crippen molar-refractivity contribution >= 4 is 23.6 Å². The molecule has 6 rings (SSSR count). The Morgan fingerprint density at radius 2 is 1.87 bits per heavy atom. The van der Waals surface area contributed by atoms with Crippen LogP contribution >= 0.6 is 0 Å². The van der Waals surface area contributed by atoms with E-state index in [2.05, 4.69) is 47.2 Å². The van der Waals surface area contributed by atoms with Crippen LogP contribution in [0.5, 0.6) is 0 Å². The molecule has 1 aliphatic rings. The second-order valence-corrected chi connectivity index (χ2v) is 11.1. The topological polar surface area (TPSA) is 167 Å². The Kier molecular flexibility index (Phi) is 9.38. The summed E-state index contributed by atoms with van der Waals surface area (Å²) in [6.07, 6.45) is 13.3. The van der Waals surface area contributed by atoms with E-state index in [9.17, 15) is 10.1 Å². The molecule has 2 amide bonds. The number of anilines is 3. The Hall–Kier alpha value is -5.84. The average Bonchev–Trinajstić information content (AvgIpc) is 3.78. The number of aromatic nitrogens is 8. The van der Waals surface area contributed by atoms with Crippen LogP contribution in [0.4, 0.5) is 22.4 Å². The Balaban J connectivity index is 1.11. The first kappa shape index (κ1) is 30.2. The molecule has 3 N–H and O–H groups in total. The fourth-order valence-electron chi connectivity index (χ4n) is 5.55. The number of hydrogen-bond donors (Lipinski definition) is 3. The van der Waals surface area contributed by atoms with Gasteiger partial charge in [0.25, 0.3) is 0 Å². The van der Waals surface area contributed by atoms with Crippen LogP contribution in [0.3, 0.4) is 0 Å². The number of nitriles is 1. The van der Waals surface area contributed by atoms with Gasteiger partial charge in [-0.1, -0.05) is 30.3 Å². The fraction of sp³-hybridized carbons (Fsp3) is 0.312. The van der Waals surface area contributed by atoms with E-state index >= 15 is 0 Å². The van der Waals surface area contributed by atoms with Gasteiger partial charge in [-0.25, -0.2) is 19.7 Å². The molecule has 0 radical (unpaired) electrons. The Bertz CT molecular complexity index is 1760. The number of pyridine rings is 1. The molecule has 0 aliphatic heterocycles. The zero-order chi connectivity index (χ0) is 31.7. The highest BCUT2D eigenvalue weighted by molar-refractivity contribution is 5.91. The maximum Gasteiger partial charge on any atom is 0.323 e. The fourth-order valence-corrected chi connectivity index (χ4v) is 5.55. The highest BCUT2D eigenvalue weighted by Crippen LogP contribution is 2.29. The van der Waals surface area contributed by atoms with Crippen LogP contribution in [-0.4, -0.2) is 64.2 Å². The summed E-state index contributed by atoms with van der Waals surface area (Å²) in [6.45, 7) is 1.53. The molecule has 0 bridgehead atoms. The molecule has 1 aliphatic carbocycles. The summed E-state index contributed by atoms with van der Waals surface area (Å²) >= 11 is 0. The summed E-state index contributed by atoms with van der Waals surface area (Å²) in [7, 11) is 1.88. The monoisotopic (exact) mass is 617 g/mol. The minimum Gasteiger partial charge on any atom is -0.367 e. The van der Waals surface area contributed by atoms with E-state index in [4.69, 9.17) is 4.98 Å². The van der Waals surface area contributed by atoms with Crippen LogP contribution in [0.25, 0.3) is 11.1 Å². The number of rotatable bonds is 11. The van der Waals surface area contributed by atoms with Crippen molar-refractivity contribution in [3.05, 3.63) is 91.0 Å². The summed E-state index contributed by atoms with van der Waals surface area (Å²) in [5.41, 5.74) is 3.29. The minimum atomic E-state index is -0.182. The number of nitrogens with one attached hydrogen (secondary N) is 3. The molecule has 1 saturated carbocycles. The van der Waals surface area contributed by atoms with Gasteiger partial charge in [0, 0.05) is 55.7 Å². The lowest BCUT2D eigenvalue weighted by Gasteiger charge is -2.36. The lowest BCUT2D eigenvalue weighted by Crippen LogP contribution is -2.49. The highest BCUT2D eigenvalue weighted by Gasteiger charge is 2.31. The van der Waals surface area contributed by atoms with Crippen molar-refractivity contribution in [1.82, 2.24) is 44.8 Å². The number of benzene rings is 1. The van der Waals surface area contributed by atoms with Crippen molar-refractivity contribution in [3.8, 4) is 17.2 Å². The second kappa shape index (κ2) is 14.3. The first-order valence-corrected chi connectivity index (χ1v) is 15.2. The predicted molar refractivity (Wildman–Crippen MR) is 173 cm³/mol. The molecule has 234 valence electrons. The van der Waals surface area contributed by atoms with Crippen molar-refractivity contribution < 1.29 is 4.79 Å². The normalized spacial score (nSPS) is 15.9. The molecule has 0 saturated heterocycles. The van der Waals surface area contributed by atoms with E-state index < -0.39 is 0 Å². The number of carbonyl (C=O) groups excluding carboxylic acids is 1. The van der Waals surface area contributed by atoms with Gasteiger partial charge in [-0.05, 0) is 43.4 Å². The number of hydrogen-bond acceptors (Lipinski definition) is 10. The van der Waals surface area contributed by atoms with Crippen molar-refractivity contribution in [3.63, 3.8) is 0 Å². The first-order valence-electron chi connectivity index (χ1n) is 15.2. The summed E-state index contributed by atoms with van der Waals surface area (Å²) in [6, 6.07) is 15.8. The van der Waals surface area contributed by atoms with E-state index in [1.807, 2.05) is 55.7 Å². The maximum absolute atomic E-state index is 13.7. The smallest absolute Gasteiger partial charge is 0.323 e. The van der Waals surface area contributed by atoms with Gasteiger partial charge in [0.1, 0.15) is 35.9 Å². The van der Waals surface area contributed by atoms with Gasteiger partial charge in [0.15, 0.2) is 0 Å². The van der Waals surface area contributed by atoms with Crippen LogP contribution in [0, 0.1) is 11.3 Å². The zero-order valence-electron chi connectivity index (χ0n) is 25.5. The molecule has 14 nitrogen and oxygen atoms in total. The maximum atomic E-state index is 13.7. The SMILES string of the molecule is Cn1cc(-c2ccc(N(C(=O)NCc3ccccc3)C3CCC(Nc4ncc(C#N)c(NCCn5cncn5)n4)CC3)nc2)cn1. The third kappa shape index (κ3) is 7.44. The number of aryl methyl sites for hydroxylation is 1. The number of urea groups is 1. The number of carbonyl (C=O) groups is 1. The van der Waals surface area contributed by atoms with Crippen LogP contribution in [0.1, 0.15) is 36.8 Å². The van der Waals surface area contributed by atoms with E-state index in [0.29, 0.717) is 42.8 Å². The van der Waals surface area contributed by atoms with E-state index in [0.717, 1.165) is 42.4 Å². The molecule has 5 aromatic rings. The molecular formula is C32H35N13O. The van der Waals surface area contributed by atoms with Gasteiger partial charge in [-0.15, -0.1) is 0 Å². The van der Waals surface area contributed by atoms with Gasteiger partial charge in [0.2, 0.25) is 5.95 Å². The summed E-state index contributed by atoms with van der Waals surface area (Å²) in [5.74, 6) is 1.53. The van der Waals surface area contributed by atoms with Crippen molar-refractivity contribution in [1.29, 1.82) is 5.26 Å². The lowest BCUT2D eigenvalue weighted by atomic mass is 9.90. The average molecular weight is 618 g/mol. The van der Waals surface area contributed by atoms with Gasteiger partial charge in [-0.3, -0.25) is 14.3 Å².